The number of rotatable bonds is 8. The molecule has 1 aliphatic rings. The summed E-state index contributed by atoms with van der Waals surface area (Å²) in [6.45, 7) is 5.78. The van der Waals surface area contributed by atoms with Gasteiger partial charge in [0.1, 0.15) is 0 Å². The van der Waals surface area contributed by atoms with Crippen LogP contribution in [0.5, 0.6) is 0 Å². The summed E-state index contributed by atoms with van der Waals surface area (Å²) in [5.74, 6) is 0. The first-order valence-corrected chi connectivity index (χ1v) is 7.01. The minimum absolute atomic E-state index is 0.471. The molecule has 1 rings (SSSR count). The Morgan fingerprint density at radius 2 is 1.94 bits per heavy atom. The van der Waals surface area contributed by atoms with Gasteiger partial charge in [-0.3, -0.25) is 0 Å². The second kappa shape index (κ2) is 6.61. The van der Waals surface area contributed by atoms with Crippen molar-refractivity contribution in [3.63, 3.8) is 0 Å². The van der Waals surface area contributed by atoms with Crippen LogP contribution in [-0.4, -0.2) is 37.1 Å². The molecule has 0 saturated heterocycles. The maximum Gasteiger partial charge on any atom is 0.0328 e. The van der Waals surface area contributed by atoms with Gasteiger partial charge in [-0.1, -0.05) is 26.2 Å². The standard InChI is InChI=1S/C14H30N2/c1-5-6-7-9-13(2)15-12-14(16(3)4)10-8-11-14/h13,15H,5-12H2,1-4H3. The lowest BCUT2D eigenvalue weighted by atomic mass is 9.75. The summed E-state index contributed by atoms with van der Waals surface area (Å²) in [6.07, 6.45) is 9.56. The summed E-state index contributed by atoms with van der Waals surface area (Å²) in [4.78, 5) is 2.42. The lowest BCUT2D eigenvalue weighted by Gasteiger charge is -2.48. The van der Waals surface area contributed by atoms with E-state index in [1.54, 1.807) is 0 Å². The van der Waals surface area contributed by atoms with E-state index >= 15 is 0 Å². The number of nitrogens with one attached hydrogen (secondary N) is 1. The normalized spacial score (nSPS) is 20.8. The first-order valence-electron chi connectivity index (χ1n) is 7.01. The van der Waals surface area contributed by atoms with Crippen molar-refractivity contribution in [2.45, 2.75) is 70.4 Å². The molecule has 0 heterocycles. The molecule has 1 atom stereocenters. The quantitative estimate of drug-likeness (QED) is 0.640. The minimum Gasteiger partial charge on any atom is -0.312 e. The van der Waals surface area contributed by atoms with Crippen LogP contribution in [-0.2, 0) is 0 Å². The third-order valence-electron chi connectivity index (χ3n) is 4.25. The fraction of sp³-hybridized carbons (Fsp3) is 1.00. The van der Waals surface area contributed by atoms with Gasteiger partial charge in [0, 0.05) is 18.1 Å². The third kappa shape index (κ3) is 3.74. The average molecular weight is 226 g/mol. The number of likely N-dealkylation sites (N-methyl/N-ethyl adjacent to an activating group) is 1. The SMILES string of the molecule is CCCCCC(C)NCC1(N(C)C)CCC1. The van der Waals surface area contributed by atoms with Gasteiger partial charge in [-0.2, -0.15) is 0 Å². The molecule has 0 bridgehead atoms. The van der Waals surface area contributed by atoms with Gasteiger partial charge in [0.2, 0.25) is 0 Å². The number of nitrogens with zero attached hydrogens (tertiary/aromatic N) is 1. The molecule has 2 heteroatoms. The summed E-state index contributed by atoms with van der Waals surface area (Å²) in [5, 5.41) is 3.72. The molecule has 1 aliphatic carbocycles. The Labute approximate surface area is 102 Å². The highest BCUT2D eigenvalue weighted by atomic mass is 15.2. The predicted octanol–water partition coefficient (Wildman–Crippen LogP) is 3.03. The van der Waals surface area contributed by atoms with E-state index in [1.807, 2.05) is 0 Å². The minimum atomic E-state index is 0.471. The van der Waals surface area contributed by atoms with Gasteiger partial charge < -0.3 is 10.2 Å². The van der Waals surface area contributed by atoms with Crippen molar-refractivity contribution in [1.29, 1.82) is 0 Å². The molecular weight excluding hydrogens is 196 g/mol. The zero-order valence-corrected chi connectivity index (χ0v) is 11.7. The highest BCUT2D eigenvalue weighted by Gasteiger charge is 2.38. The van der Waals surface area contributed by atoms with Crippen LogP contribution in [0.3, 0.4) is 0 Å². The van der Waals surface area contributed by atoms with E-state index in [4.69, 9.17) is 0 Å². The monoisotopic (exact) mass is 226 g/mol. The maximum atomic E-state index is 3.72. The second-order valence-corrected chi connectivity index (χ2v) is 5.75. The summed E-state index contributed by atoms with van der Waals surface area (Å²) >= 11 is 0. The van der Waals surface area contributed by atoms with Crippen molar-refractivity contribution >= 4 is 0 Å². The fourth-order valence-corrected chi connectivity index (χ4v) is 2.53. The van der Waals surface area contributed by atoms with Crippen LogP contribution in [0.25, 0.3) is 0 Å². The number of hydrogen-bond acceptors (Lipinski definition) is 2. The molecule has 1 fully saturated rings. The van der Waals surface area contributed by atoms with Crippen molar-refractivity contribution in [3.05, 3.63) is 0 Å². The van der Waals surface area contributed by atoms with Gasteiger partial charge in [-0.25, -0.2) is 0 Å². The molecule has 0 aromatic heterocycles. The highest BCUT2D eigenvalue weighted by Crippen LogP contribution is 2.35. The maximum absolute atomic E-state index is 3.72. The van der Waals surface area contributed by atoms with Crippen molar-refractivity contribution in [2.75, 3.05) is 20.6 Å². The molecule has 0 aromatic carbocycles. The number of hydrogen-bond donors (Lipinski definition) is 1. The van der Waals surface area contributed by atoms with Gasteiger partial charge >= 0.3 is 0 Å². The first-order chi connectivity index (χ1) is 7.60. The largest absolute Gasteiger partial charge is 0.312 e. The molecule has 0 radical (unpaired) electrons. The van der Waals surface area contributed by atoms with Crippen molar-refractivity contribution in [2.24, 2.45) is 0 Å². The Balaban J connectivity index is 2.17. The van der Waals surface area contributed by atoms with Gasteiger partial charge in [-0.05, 0) is 46.7 Å². The smallest absolute Gasteiger partial charge is 0.0328 e. The molecule has 16 heavy (non-hydrogen) atoms. The van der Waals surface area contributed by atoms with E-state index in [9.17, 15) is 0 Å². The molecule has 0 spiro atoms. The molecule has 1 N–H and O–H groups in total. The van der Waals surface area contributed by atoms with E-state index < -0.39 is 0 Å². The molecule has 1 unspecified atom stereocenters. The van der Waals surface area contributed by atoms with Crippen molar-refractivity contribution in [1.82, 2.24) is 10.2 Å². The molecule has 0 amide bonds. The molecule has 96 valence electrons. The molecule has 1 saturated carbocycles. The molecule has 0 aromatic rings. The van der Waals surface area contributed by atoms with Crippen LogP contribution in [0, 0.1) is 0 Å². The average Bonchev–Trinajstić information content (AvgIpc) is 2.16. The Bertz CT molecular complexity index is 185. The first kappa shape index (κ1) is 14.0. The zero-order valence-electron chi connectivity index (χ0n) is 11.7. The lowest BCUT2D eigenvalue weighted by Crippen LogP contribution is -2.57. The summed E-state index contributed by atoms with van der Waals surface area (Å²) in [7, 11) is 4.45. The summed E-state index contributed by atoms with van der Waals surface area (Å²) in [5.41, 5.74) is 0.471. The second-order valence-electron chi connectivity index (χ2n) is 5.75. The van der Waals surface area contributed by atoms with Gasteiger partial charge in [0.05, 0.1) is 0 Å². The van der Waals surface area contributed by atoms with E-state index in [0.717, 1.165) is 0 Å². The number of unbranched alkanes of at least 4 members (excludes halogenated alkanes) is 2. The Kier molecular flexibility index (Phi) is 5.77. The van der Waals surface area contributed by atoms with Gasteiger partial charge in [0.15, 0.2) is 0 Å². The third-order valence-corrected chi connectivity index (χ3v) is 4.25. The van der Waals surface area contributed by atoms with Crippen LogP contribution >= 0.6 is 0 Å². The molecular formula is C14H30N2. The Morgan fingerprint density at radius 1 is 1.25 bits per heavy atom. The van der Waals surface area contributed by atoms with Crippen LogP contribution in [0.1, 0.15) is 58.8 Å². The van der Waals surface area contributed by atoms with E-state index in [2.05, 4.69) is 38.2 Å². The van der Waals surface area contributed by atoms with Gasteiger partial charge in [-0.15, -0.1) is 0 Å². The highest BCUT2D eigenvalue weighted by molar-refractivity contribution is 4.97. The summed E-state index contributed by atoms with van der Waals surface area (Å²) in [6, 6.07) is 0.684. The zero-order chi connectivity index (χ0) is 12.0. The van der Waals surface area contributed by atoms with E-state index in [1.165, 1.54) is 51.5 Å². The molecule has 2 nitrogen and oxygen atoms in total. The predicted molar refractivity (Wildman–Crippen MR) is 71.9 cm³/mol. The van der Waals surface area contributed by atoms with E-state index in [-0.39, 0.29) is 0 Å². The van der Waals surface area contributed by atoms with Crippen LogP contribution < -0.4 is 5.32 Å². The van der Waals surface area contributed by atoms with Gasteiger partial charge in [0.25, 0.3) is 0 Å². The van der Waals surface area contributed by atoms with E-state index in [0.29, 0.717) is 11.6 Å². The Hall–Kier alpha value is -0.0800. The Morgan fingerprint density at radius 3 is 2.38 bits per heavy atom. The summed E-state index contributed by atoms with van der Waals surface area (Å²) < 4.78 is 0. The van der Waals surface area contributed by atoms with Crippen LogP contribution in [0.2, 0.25) is 0 Å². The molecule has 0 aliphatic heterocycles. The lowest BCUT2D eigenvalue weighted by molar-refractivity contribution is 0.0573. The van der Waals surface area contributed by atoms with Crippen LogP contribution in [0.15, 0.2) is 0 Å². The van der Waals surface area contributed by atoms with Crippen molar-refractivity contribution in [3.8, 4) is 0 Å². The fourth-order valence-electron chi connectivity index (χ4n) is 2.53. The van der Waals surface area contributed by atoms with Crippen LogP contribution in [0.4, 0.5) is 0 Å². The van der Waals surface area contributed by atoms with Crippen molar-refractivity contribution < 1.29 is 0 Å². The topological polar surface area (TPSA) is 15.3 Å².